The van der Waals surface area contributed by atoms with Crippen molar-refractivity contribution in [2.75, 3.05) is 33.1 Å². The molecule has 0 bridgehead atoms. The molecule has 0 aliphatic heterocycles. The van der Waals surface area contributed by atoms with Crippen LogP contribution in [0.5, 0.6) is 0 Å². The van der Waals surface area contributed by atoms with E-state index in [2.05, 4.69) is 0 Å². The van der Waals surface area contributed by atoms with Crippen LogP contribution in [0.25, 0.3) is 0 Å². The van der Waals surface area contributed by atoms with E-state index in [1.807, 2.05) is 0 Å². The Morgan fingerprint density at radius 3 is 2.44 bits per heavy atom. The Balaban J connectivity index is 2.53. The van der Waals surface area contributed by atoms with E-state index in [1.165, 1.54) is 18.5 Å². The van der Waals surface area contributed by atoms with E-state index >= 15 is 0 Å². The Hall–Kier alpha value is -0.170. The molecule has 0 atom stereocenters. The third kappa shape index (κ3) is 3.69. The van der Waals surface area contributed by atoms with Crippen LogP contribution in [0.2, 0.25) is 0 Å². The highest BCUT2D eigenvalue weighted by molar-refractivity contribution is 7.89. The molecular formula is C10H21NO4S. The molecule has 1 N–H and O–H groups in total. The minimum Gasteiger partial charge on any atom is -0.389 e. The summed E-state index contributed by atoms with van der Waals surface area (Å²) in [5.41, 5.74) is -0.825. The Kier molecular flexibility index (Phi) is 4.73. The Bertz CT molecular complexity index is 309. The van der Waals surface area contributed by atoms with Gasteiger partial charge in [-0.25, -0.2) is 12.7 Å². The van der Waals surface area contributed by atoms with Crippen LogP contribution >= 0.6 is 0 Å². The zero-order valence-corrected chi connectivity index (χ0v) is 10.8. The van der Waals surface area contributed by atoms with Gasteiger partial charge in [0, 0.05) is 20.7 Å². The third-order valence-corrected chi connectivity index (χ3v) is 4.83. The summed E-state index contributed by atoms with van der Waals surface area (Å²) in [6.45, 7) is 0.379. The highest BCUT2D eigenvalue weighted by Gasteiger charge is 2.35. The number of methoxy groups -OCH3 is 1. The first-order chi connectivity index (χ1) is 7.40. The highest BCUT2D eigenvalue weighted by Crippen LogP contribution is 2.30. The Morgan fingerprint density at radius 2 is 1.94 bits per heavy atom. The maximum Gasteiger partial charge on any atom is 0.216 e. The summed E-state index contributed by atoms with van der Waals surface area (Å²) in [7, 11) is -0.312. The van der Waals surface area contributed by atoms with Crippen molar-refractivity contribution < 1.29 is 18.3 Å². The summed E-state index contributed by atoms with van der Waals surface area (Å²) < 4.78 is 29.5. The maximum absolute atomic E-state index is 11.8. The lowest BCUT2D eigenvalue weighted by molar-refractivity contribution is 0.0332. The molecule has 1 rings (SSSR count). The molecule has 0 radical (unpaired) electrons. The third-order valence-electron chi connectivity index (χ3n) is 3.07. The second-order valence-corrected chi connectivity index (χ2v) is 6.69. The smallest absolute Gasteiger partial charge is 0.216 e. The summed E-state index contributed by atoms with van der Waals surface area (Å²) >= 11 is 0. The van der Waals surface area contributed by atoms with E-state index in [9.17, 15) is 13.5 Å². The number of hydrogen-bond acceptors (Lipinski definition) is 4. The van der Waals surface area contributed by atoms with Crippen LogP contribution in [0.15, 0.2) is 0 Å². The van der Waals surface area contributed by atoms with Gasteiger partial charge in [-0.3, -0.25) is 0 Å². The topological polar surface area (TPSA) is 66.8 Å². The lowest BCUT2D eigenvalue weighted by atomic mass is 10.0. The van der Waals surface area contributed by atoms with E-state index in [-0.39, 0.29) is 18.9 Å². The lowest BCUT2D eigenvalue weighted by Crippen LogP contribution is -2.43. The highest BCUT2D eigenvalue weighted by atomic mass is 32.2. The van der Waals surface area contributed by atoms with Crippen LogP contribution in [0.1, 0.15) is 25.7 Å². The number of rotatable bonds is 6. The van der Waals surface area contributed by atoms with Gasteiger partial charge in [0.05, 0.1) is 18.0 Å². The number of aliphatic hydroxyl groups is 1. The number of hydrogen-bond donors (Lipinski definition) is 1. The molecule has 0 aromatic rings. The van der Waals surface area contributed by atoms with Crippen molar-refractivity contribution in [2.24, 2.45) is 0 Å². The van der Waals surface area contributed by atoms with Crippen LogP contribution in [0.3, 0.4) is 0 Å². The molecule has 0 heterocycles. The van der Waals surface area contributed by atoms with Gasteiger partial charge in [-0.05, 0) is 12.8 Å². The first-order valence-corrected chi connectivity index (χ1v) is 7.16. The summed E-state index contributed by atoms with van der Waals surface area (Å²) in [4.78, 5) is 0. The average molecular weight is 251 g/mol. The van der Waals surface area contributed by atoms with Gasteiger partial charge in [0.1, 0.15) is 0 Å². The van der Waals surface area contributed by atoms with E-state index < -0.39 is 15.6 Å². The summed E-state index contributed by atoms with van der Waals surface area (Å²) in [5.74, 6) is -0.0317. The van der Waals surface area contributed by atoms with Crippen molar-refractivity contribution in [3.63, 3.8) is 0 Å². The summed E-state index contributed by atoms with van der Waals surface area (Å²) in [6.07, 6.45) is 3.33. The van der Waals surface area contributed by atoms with Gasteiger partial charge in [0.15, 0.2) is 0 Å². The van der Waals surface area contributed by atoms with Crippen LogP contribution in [0, 0.1) is 0 Å². The first kappa shape index (κ1) is 13.9. The van der Waals surface area contributed by atoms with Gasteiger partial charge in [-0.2, -0.15) is 0 Å². The SMILES string of the molecule is COCCS(=O)(=O)N(C)CC1(O)CCCC1. The summed E-state index contributed by atoms with van der Waals surface area (Å²) in [6, 6.07) is 0. The molecule has 1 fully saturated rings. The molecule has 0 amide bonds. The minimum absolute atomic E-state index is 0.0317. The van der Waals surface area contributed by atoms with E-state index in [0.29, 0.717) is 12.8 Å². The predicted molar refractivity (Wildman–Crippen MR) is 61.7 cm³/mol. The van der Waals surface area contributed by atoms with Crippen LogP contribution in [-0.2, 0) is 14.8 Å². The van der Waals surface area contributed by atoms with Gasteiger partial charge in [0.25, 0.3) is 0 Å². The monoisotopic (exact) mass is 251 g/mol. The molecule has 0 unspecified atom stereocenters. The van der Waals surface area contributed by atoms with E-state index in [1.54, 1.807) is 0 Å². The molecule has 0 aromatic heterocycles. The summed E-state index contributed by atoms with van der Waals surface area (Å²) in [5, 5.41) is 10.1. The second-order valence-electron chi connectivity index (χ2n) is 4.50. The molecule has 0 aromatic carbocycles. The van der Waals surface area contributed by atoms with Crippen LogP contribution < -0.4 is 0 Å². The molecule has 1 aliphatic carbocycles. The Labute approximate surface area is 97.4 Å². The molecule has 0 saturated heterocycles. The van der Waals surface area contributed by atoms with Crippen LogP contribution in [-0.4, -0.2) is 56.5 Å². The molecule has 1 aliphatic rings. The standard InChI is InChI=1S/C10H21NO4S/c1-11(16(13,14)8-7-15-2)9-10(12)5-3-4-6-10/h12H,3-9H2,1-2H3. The van der Waals surface area contributed by atoms with Gasteiger partial charge < -0.3 is 9.84 Å². The van der Waals surface area contributed by atoms with Gasteiger partial charge in [-0.15, -0.1) is 0 Å². The molecule has 5 nitrogen and oxygen atoms in total. The van der Waals surface area contributed by atoms with Crippen LogP contribution in [0.4, 0.5) is 0 Å². The van der Waals surface area contributed by atoms with Crippen molar-refractivity contribution in [3.8, 4) is 0 Å². The molecule has 16 heavy (non-hydrogen) atoms. The van der Waals surface area contributed by atoms with Gasteiger partial charge >= 0.3 is 0 Å². The normalized spacial score (nSPS) is 20.5. The van der Waals surface area contributed by atoms with Gasteiger partial charge in [0.2, 0.25) is 10.0 Å². The second kappa shape index (κ2) is 5.44. The van der Waals surface area contributed by atoms with Crippen molar-refractivity contribution >= 4 is 10.0 Å². The van der Waals surface area contributed by atoms with Crippen molar-refractivity contribution in [3.05, 3.63) is 0 Å². The van der Waals surface area contributed by atoms with Gasteiger partial charge in [-0.1, -0.05) is 12.8 Å². The number of ether oxygens (including phenoxy) is 1. The molecule has 1 saturated carbocycles. The molecule has 6 heteroatoms. The fourth-order valence-corrected chi connectivity index (χ4v) is 3.17. The number of nitrogens with zero attached hydrogens (tertiary/aromatic N) is 1. The largest absolute Gasteiger partial charge is 0.389 e. The van der Waals surface area contributed by atoms with Crippen molar-refractivity contribution in [1.82, 2.24) is 4.31 Å². The fraction of sp³-hybridized carbons (Fsp3) is 1.00. The minimum atomic E-state index is -3.30. The average Bonchev–Trinajstić information content (AvgIpc) is 2.62. The zero-order chi connectivity index (χ0) is 12.2. The number of sulfonamides is 1. The zero-order valence-electron chi connectivity index (χ0n) is 9.98. The van der Waals surface area contributed by atoms with Crippen molar-refractivity contribution in [2.45, 2.75) is 31.3 Å². The van der Waals surface area contributed by atoms with E-state index in [4.69, 9.17) is 4.74 Å². The van der Waals surface area contributed by atoms with Crippen molar-refractivity contribution in [1.29, 1.82) is 0 Å². The fourth-order valence-electron chi connectivity index (χ4n) is 2.05. The predicted octanol–water partition coefficient (Wildman–Crippen LogP) is 0.200. The maximum atomic E-state index is 11.8. The number of likely N-dealkylation sites (N-methyl/N-ethyl adjacent to an activating group) is 1. The first-order valence-electron chi connectivity index (χ1n) is 5.55. The molecule has 96 valence electrons. The quantitative estimate of drug-likeness (QED) is 0.732. The molecule has 0 spiro atoms. The van der Waals surface area contributed by atoms with E-state index in [0.717, 1.165) is 12.8 Å². The molecular weight excluding hydrogens is 230 g/mol. The Morgan fingerprint density at radius 1 is 1.38 bits per heavy atom. The lowest BCUT2D eigenvalue weighted by Gasteiger charge is -2.28.